The molecule has 2 fully saturated rings. The maximum atomic E-state index is 13.8. The minimum Gasteiger partial charge on any atom is -0.492 e. The molecular weight excluding hydrogens is 674 g/mol. The van der Waals surface area contributed by atoms with E-state index in [0.29, 0.717) is 35.7 Å². The number of benzene rings is 2. The third-order valence-electron chi connectivity index (χ3n) is 9.12. The molecule has 1 saturated heterocycles. The second-order valence-corrected chi connectivity index (χ2v) is 14.3. The van der Waals surface area contributed by atoms with Gasteiger partial charge >= 0.3 is 6.09 Å². The Hall–Kier alpha value is -5.32. The number of rotatable bonds is 11. The SMILES string of the molecule is CC(C)(C)OC(=O)NCC1CCC(C(=O)NCCOc2cccc(-c3ccc4c(C(=O)NCC(=O)N5CC(F)(F)C[C@H]5C#N)ccnc4c3)c2)CC1. The van der Waals surface area contributed by atoms with Crippen molar-refractivity contribution in [2.24, 2.45) is 11.8 Å². The Bertz CT molecular complexity index is 1830. The number of alkyl halides is 2. The molecule has 1 saturated carbocycles. The average Bonchev–Trinajstić information content (AvgIpc) is 3.44. The van der Waals surface area contributed by atoms with E-state index in [1.54, 1.807) is 12.1 Å². The van der Waals surface area contributed by atoms with Crippen molar-refractivity contribution in [3.63, 3.8) is 0 Å². The van der Waals surface area contributed by atoms with E-state index in [9.17, 15) is 28.0 Å². The van der Waals surface area contributed by atoms with E-state index in [0.717, 1.165) is 41.7 Å². The first kappa shape index (κ1) is 37.9. The first-order chi connectivity index (χ1) is 24.7. The second-order valence-electron chi connectivity index (χ2n) is 14.3. The zero-order chi connectivity index (χ0) is 37.5. The summed E-state index contributed by atoms with van der Waals surface area (Å²) in [6, 6.07) is 14.8. The first-order valence-electron chi connectivity index (χ1n) is 17.4. The number of hydrogen-bond donors (Lipinski definition) is 3. The van der Waals surface area contributed by atoms with Crippen molar-refractivity contribution in [2.75, 3.05) is 32.8 Å². The van der Waals surface area contributed by atoms with Gasteiger partial charge in [0.2, 0.25) is 11.8 Å². The van der Waals surface area contributed by atoms with Crippen molar-refractivity contribution in [1.29, 1.82) is 5.26 Å². The number of carbonyl (C=O) groups is 4. The Balaban J connectivity index is 1.08. The predicted octanol–water partition coefficient (Wildman–Crippen LogP) is 5.22. The van der Waals surface area contributed by atoms with Gasteiger partial charge in [-0.15, -0.1) is 0 Å². The molecule has 0 spiro atoms. The highest BCUT2D eigenvalue weighted by atomic mass is 19.3. The summed E-state index contributed by atoms with van der Waals surface area (Å²) in [5.41, 5.74) is 1.91. The van der Waals surface area contributed by atoms with Gasteiger partial charge in [0.25, 0.3) is 11.8 Å². The summed E-state index contributed by atoms with van der Waals surface area (Å²) in [7, 11) is 0. The Morgan fingerprint density at radius 2 is 1.75 bits per heavy atom. The zero-order valence-electron chi connectivity index (χ0n) is 29.5. The van der Waals surface area contributed by atoms with E-state index in [4.69, 9.17) is 14.7 Å². The van der Waals surface area contributed by atoms with Gasteiger partial charge < -0.3 is 30.3 Å². The van der Waals surface area contributed by atoms with Crippen molar-refractivity contribution in [2.45, 2.75) is 70.4 Å². The molecule has 1 atom stereocenters. The van der Waals surface area contributed by atoms with Gasteiger partial charge in [0.05, 0.1) is 36.8 Å². The number of halogens is 2. The Kier molecular flexibility index (Phi) is 11.9. The van der Waals surface area contributed by atoms with Gasteiger partial charge in [-0.05, 0) is 87.8 Å². The molecule has 0 radical (unpaired) electrons. The fourth-order valence-corrected chi connectivity index (χ4v) is 6.50. The van der Waals surface area contributed by atoms with Crippen LogP contribution in [0.2, 0.25) is 0 Å². The molecule has 5 rings (SSSR count). The second kappa shape index (κ2) is 16.4. The van der Waals surface area contributed by atoms with E-state index in [1.165, 1.54) is 12.3 Å². The summed E-state index contributed by atoms with van der Waals surface area (Å²) < 4.78 is 38.7. The van der Waals surface area contributed by atoms with Gasteiger partial charge in [-0.1, -0.05) is 24.3 Å². The summed E-state index contributed by atoms with van der Waals surface area (Å²) in [6.07, 6.45) is 3.54. The summed E-state index contributed by atoms with van der Waals surface area (Å²) in [5, 5.41) is 18.0. The van der Waals surface area contributed by atoms with Gasteiger partial charge in [-0.25, -0.2) is 13.6 Å². The monoisotopic (exact) mass is 718 g/mol. The van der Waals surface area contributed by atoms with Crippen LogP contribution >= 0.6 is 0 Å². The van der Waals surface area contributed by atoms with Crippen LogP contribution in [0.4, 0.5) is 13.6 Å². The highest BCUT2D eigenvalue weighted by Gasteiger charge is 2.47. The lowest BCUT2D eigenvalue weighted by Gasteiger charge is -2.28. The Morgan fingerprint density at radius 3 is 2.48 bits per heavy atom. The molecule has 2 aromatic carbocycles. The van der Waals surface area contributed by atoms with Gasteiger partial charge in [0, 0.05) is 30.5 Å². The molecule has 2 aliphatic rings. The van der Waals surface area contributed by atoms with E-state index >= 15 is 0 Å². The quantitative estimate of drug-likeness (QED) is 0.228. The molecule has 12 nitrogen and oxygen atoms in total. The van der Waals surface area contributed by atoms with Gasteiger partial charge in [0.1, 0.15) is 24.0 Å². The van der Waals surface area contributed by atoms with Crippen molar-refractivity contribution in [3.05, 3.63) is 60.3 Å². The Morgan fingerprint density at radius 1 is 1.00 bits per heavy atom. The molecule has 3 N–H and O–H groups in total. The van der Waals surface area contributed by atoms with Crippen molar-refractivity contribution in [1.82, 2.24) is 25.8 Å². The highest BCUT2D eigenvalue weighted by Crippen LogP contribution is 2.32. The molecular formula is C38H44F2N6O6. The summed E-state index contributed by atoms with van der Waals surface area (Å²) in [6.45, 7) is 5.25. The smallest absolute Gasteiger partial charge is 0.407 e. The molecule has 0 unspecified atom stereocenters. The molecule has 1 aliphatic heterocycles. The van der Waals surface area contributed by atoms with E-state index in [2.05, 4.69) is 20.9 Å². The number of ether oxygens (including phenoxy) is 2. The van der Waals surface area contributed by atoms with Crippen LogP contribution in [0.3, 0.4) is 0 Å². The van der Waals surface area contributed by atoms with Crippen LogP contribution in [0.5, 0.6) is 5.75 Å². The molecule has 276 valence electrons. The normalized spacial score (nSPS) is 19.7. The fourth-order valence-electron chi connectivity index (χ4n) is 6.50. The summed E-state index contributed by atoms with van der Waals surface area (Å²) in [5.74, 6) is -3.61. The molecule has 4 amide bonds. The number of nitrogens with one attached hydrogen (secondary N) is 3. The molecule has 1 aromatic heterocycles. The number of amides is 4. The van der Waals surface area contributed by atoms with Gasteiger partial charge in [-0.2, -0.15) is 5.26 Å². The van der Waals surface area contributed by atoms with Crippen molar-refractivity contribution >= 4 is 34.7 Å². The number of alkyl carbamates (subject to hydrolysis) is 1. The molecule has 0 bridgehead atoms. The predicted molar refractivity (Wildman–Crippen MR) is 188 cm³/mol. The maximum Gasteiger partial charge on any atom is 0.407 e. The van der Waals surface area contributed by atoms with Gasteiger partial charge in [0.15, 0.2) is 0 Å². The van der Waals surface area contributed by atoms with Crippen LogP contribution in [-0.4, -0.2) is 84.0 Å². The average molecular weight is 719 g/mol. The minimum atomic E-state index is -3.14. The number of likely N-dealkylation sites (tertiary alicyclic amines) is 1. The number of nitrogens with zero attached hydrogens (tertiary/aromatic N) is 3. The van der Waals surface area contributed by atoms with Crippen LogP contribution in [-0.2, 0) is 14.3 Å². The van der Waals surface area contributed by atoms with Crippen LogP contribution in [0.15, 0.2) is 54.7 Å². The maximum absolute atomic E-state index is 13.8. The molecule has 52 heavy (non-hydrogen) atoms. The number of carbonyl (C=O) groups excluding carboxylic acids is 4. The van der Waals surface area contributed by atoms with Crippen molar-refractivity contribution in [3.8, 4) is 22.9 Å². The number of pyridine rings is 1. The minimum absolute atomic E-state index is 0.00287. The van der Waals surface area contributed by atoms with Crippen LogP contribution in [0.1, 0.15) is 63.2 Å². The van der Waals surface area contributed by atoms with E-state index < -0.39 is 55.0 Å². The fraction of sp³-hybridized carbons (Fsp3) is 0.474. The Labute approximate surface area is 301 Å². The molecule has 2 heterocycles. The zero-order valence-corrected chi connectivity index (χ0v) is 29.5. The van der Waals surface area contributed by atoms with Crippen LogP contribution in [0, 0.1) is 23.2 Å². The van der Waals surface area contributed by atoms with Gasteiger partial charge in [-0.3, -0.25) is 19.4 Å². The lowest BCUT2D eigenvalue weighted by atomic mass is 9.81. The number of aromatic nitrogens is 1. The largest absolute Gasteiger partial charge is 0.492 e. The lowest BCUT2D eigenvalue weighted by Crippen LogP contribution is -2.43. The molecule has 3 aromatic rings. The molecule has 1 aliphatic carbocycles. The molecule has 14 heteroatoms. The summed E-state index contributed by atoms with van der Waals surface area (Å²) in [4.78, 5) is 55.5. The third-order valence-corrected chi connectivity index (χ3v) is 9.12. The lowest BCUT2D eigenvalue weighted by molar-refractivity contribution is -0.131. The van der Waals surface area contributed by atoms with Crippen molar-refractivity contribution < 1.29 is 37.4 Å². The third kappa shape index (κ3) is 10.1. The topological polar surface area (TPSA) is 163 Å². The number of hydrogen-bond acceptors (Lipinski definition) is 8. The number of fused-ring (bicyclic) bond motifs is 1. The first-order valence-corrected chi connectivity index (χ1v) is 17.4. The van der Waals surface area contributed by atoms with E-state index in [-0.39, 0.29) is 24.0 Å². The van der Waals surface area contributed by atoms with Crippen LogP contribution < -0.4 is 20.7 Å². The summed E-state index contributed by atoms with van der Waals surface area (Å²) >= 11 is 0. The standard InChI is InChI=1S/C38H44F2N6O6/c1-37(2,3)52-36(50)45-21-24-7-9-25(10-8-24)34(48)43-15-16-51-29-6-4-5-26(17-29)27-11-12-30-31(13-14-42-32(30)18-27)35(49)44-22-33(47)46-23-38(39,40)19-28(46)20-41/h4-6,11-14,17-18,24-25,28H,7-10,15-16,19,21-23H2,1-3H3,(H,43,48)(H,44,49)(H,45,50)/t24?,25?,28-/m0/s1. The highest BCUT2D eigenvalue weighted by molar-refractivity contribution is 6.07. The van der Waals surface area contributed by atoms with E-state index in [1.807, 2.05) is 57.2 Å². The van der Waals surface area contributed by atoms with Crippen LogP contribution in [0.25, 0.3) is 22.0 Å². The number of nitriles is 1.